The van der Waals surface area contributed by atoms with Crippen molar-refractivity contribution in [1.82, 2.24) is 9.88 Å². The number of rotatable bonds is 5. The van der Waals surface area contributed by atoms with Crippen molar-refractivity contribution in [2.75, 3.05) is 11.9 Å². The monoisotopic (exact) mass is 281 g/mol. The Hall–Kier alpha value is -0.800. The number of aromatic nitrogens is 1. The predicted octanol–water partition coefficient (Wildman–Crippen LogP) is 3.93. The second-order valence-electron chi connectivity index (χ2n) is 5.32. The molecular formula is C15H24ClN3. The molecule has 2 rings (SSSR count). The van der Waals surface area contributed by atoms with E-state index in [1.54, 1.807) is 0 Å². The summed E-state index contributed by atoms with van der Waals surface area (Å²) in [4.78, 5) is 7.19. The van der Waals surface area contributed by atoms with Crippen molar-refractivity contribution in [2.24, 2.45) is 0 Å². The van der Waals surface area contributed by atoms with E-state index < -0.39 is 0 Å². The fourth-order valence-corrected chi connectivity index (χ4v) is 3.06. The van der Waals surface area contributed by atoms with Gasteiger partial charge in [0.25, 0.3) is 0 Å². The van der Waals surface area contributed by atoms with Crippen molar-refractivity contribution < 1.29 is 0 Å². The molecule has 0 aromatic carbocycles. The molecule has 0 saturated carbocycles. The minimum atomic E-state index is 0.630. The molecule has 0 aliphatic carbocycles. The van der Waals surface area contributed by atoms with Crippen LogP contribution in [0.2, 0.25) is 5.02 Å². The molecular weight excluding hydrogens is 258 g/mol. The lowest BCUT2D eigenvalue weighted by Crippen LogP contribution is -2.34. The van der Waals surface area contributed by atoms with E-state index >= 15 is 0 Å². The van der Waals surface area contributed by atoms with Crippen LogP contribution in [0, 0.1) is 0 Å². The van der Waals surface area contributed by atoms with Crippen LogP contribution in [0.25, 0.3) is 0 Å². The molecule has 1 aliphatic heterocycles. The van der Waals surface area contributed by atoms with Gasteiger partial charge in [-0.05, 0) is 45.2 Å². The smallest absolute Gasteiger partial charge is 0.126 e. The Kier molecular flexibility index (Phi) is 5.06. The number of hydrogen-bond acceptors (Lipinski definition) is 3. The van der Waals surface area contributed by atoms with Gasteiger partial charge in [0.1, 0.15) is 5.82 Å². The first-order valence-electron chi connectivity index (χ1n) is 7.30. The highest BCUT2D eigenvalue weighted by Crippen LogP contribution is 2.29. The Balaban J connectivity index is 2.15. The van der Waals surface area contributed by atoms with Crippen molar-refractivity contribution in [3.8, 4) is 0 Å². The second-order valence-corrected chi connectivity index (χ2v) is 5.72. The molecule has 106 valence electrons. The van der Waals surface area contributed by atoms with Crippen molar-refractivity contribution in [1.29, 1.82) is 0 Å². The fraction of sp³-hybridized carbons (Fsp3) is 0.667. The van der Waals surface area contributed by atoms with Crippen LogP contribution in [-0.2, 0) is 6.54 Å². The summed E-state index contributed by atoms with van der Waals surface area (Å²) in [6.07, 6.45) is 3.78. The van der Waals surface area contributed by atoms with Crippen LogP contribution in [0.4, 0.5) is 5.82 Å². The van der Waals surface area contributed by atoms with Gasteiger partial charge in [0.05, 0.1) is 10.7 Å². The zero-order valence-corrected chi connectivity index (χ0v) is 12.9. The summed E-state index contributed by atoms with van der Waals surface area (Å²) in [6.45, 7) is 8.38. The summed E-state index contributed by atoms with van der Waals surface area (Å²) in [5, 5.41) is 4.02. The lowest BCUT2D eigenvalue weighted by molar-refractivity contribution is 0.187. The predicted molar refractivity (Wildman–Crippen MR) is 81.7 cm³/mol. The van der Waals surface area contributed by atoms with Crippen LogP contribution in [0.1, 0.15) is 45.7 Å². The minimum absolute atomic E-state index is 0.630. The molecule has 1 fully saturated rings. The first-order valence-corrected chi connectivity index (χ1v) is 7.68. The number of halogens is 1. The zero-order chi connectivity index (χ0) is 13.8. The molecule has 2 heterocycles. The maximum absolute atomic E-state index is 6.30. The number of nitrogens with one attached hydrogen (secondary N) is 1. The van der Waals surface area contributed by atoms with E-state index in [9.17, 15) is 0 Å². The van der Waals surface area contributed by atoms with E-state index in [2.05, 4.69) is 36.0 Å². The summed E-state index contributed by atoms with van der Waals surface area (Å²) >= 11 is 6.30. The molecule has 3 nitrogen and oxygen atoms in total. The van der Waals surface area contributed by atoms with Gasteiger partial charge < -0.3 is 5.32 Å². The van der Waals surface area contributed by atoms with E-state index in [1.165, 1.54) is 19.3 Å². The third-order valence-electron chi connectivity index (χ3n) is 4.03. The van der Waals surface area contributed by atoms with Crippen LogP contribution in [0.5, 0.6) is 0 Å². The molecule has 1 saturated heterocycles. The average Bonchev–Trinajstić information content (AvgIpc) is 2.75. The second kappa shape index (κ2) is 6.58. The van der Waals surface area contributed by atoms with E-state index in [0.29, 0.717) is 12.1 Å². The van der Waals surface area contributed by atoms with Crippen LogP contribution < -0.4 is 5.32 Å². The summed E-state index contributed by atoms with van der Waals surface area (Å²) < 4.78 is 0. The molecule has 1 N–H and O–H groups in total. The van der Waals surface area contributed by atoms with Gasteiger partial charge in [-0.3, -0.25) is 4.90 Å². The molecule has 4 heteroatoms. The van der Waals surface area contributed by atoms with Crippen LogP contribution in [0.3, 0.4) is 0 Å². The minimum Gasteiger partial charge on any atom is -0.370 e. The summed E-state index contributed by atoms with van der Waals surface area (Å²) in [6, 6.07) is 5.20. The van der Waals surface area contributed by atoms with Crippen molar-refractivity contribution in [2.45, 2.75) is 58.7 Å². The van der Waals surface area contributed by atoms with Crippen LogP contribution in [-0.4, -0.2) is 28.5 Å². The van der Waals surface area contributed by atoms with Crippen molar-refractivity contribution in [3.05, 3.63) is 22.8 Å². The molecule has 0 spiro atoms. The molecule has 19 heavy (non-hydrogen) atoms. The van der Waals surface area contributed by atoms with Gasteiger partial charge in [-0.25, -0.2) is 4.98 Å². The van der Waals surface area contributed by atoms with Gasteiger partial charge in [0, 0.05) is 25.2 Å². The van der Waals surface area contributed by atoms with Gasteiger partial charge in [0.2, 0.25) is 0 Å². The molecule has 0 radical (unpaired) electrons. The fourth-order valence-electron chi connectivity index (χ4n) is 2.90. The largest absolute Gasteiger partial charge is 0.370 e. The molecule has 1 aromatic heterocycles. The standard InChI is InChI=1S/C15H24ClN3/c1-4-12-7-6-11(3)19(12)10-14-13(16)8-9-15(18-14)17-5-2/h8-9,11-12H,4-7,10H2,1-3H3,(H,17,18). The highest BCUT2D eigenvalue weighted by Gasteiger charge is 2.29. The van der Waals surface area contributed by atoms with Gasteiger partial charge in [-0.2, -0.15) is 0 Å². The summed E-state index contributed by atoms with van der Waals surface area (Å²) in [7, 11) is 0. The highest BCUT2D eigenvalue weighted by molar-refractivity contribution is 6.31. The van der Waals surface area contributed by atoms with E-state index in [0.717, 1.165) is 29.6 Å². The SMILES string of the molecule is CCNc1ccc(Cl)c(CN2C(C)CCC2CC)n1. The number of pyridine rings is 1. The van der Waals surface area contributed by atoms with Gasteiger partial charge in [-0.1, -0.05) is 18.5 Å². The van der Waals surface area contributed by atoms with Gasteiger partial charge >= 0.3 is 0 Å². The normalized spacial score (nSPS) is 23.8. The van der Waals surface area contributed by atoms with Crippen LogP contribution in [0.15, 0.2) is 12.1 Å². The molecule has 2 atom stereocenters. The molecule has 0 bridgehead atoms. The average molecular weight is 282 g/mol. The number of likely N-dealkylation sites (tertiary alicyclic amines) is 1. The Morgan fingerprint density at radius 1 is 1.37 bits per heavy atom. The van der Waals surface area contributed by atoms with E-state index in [4.69, 9.17) is 11.6 Å². The lowest BCUT2D eigenvalue weighted by Gasteiger charge is -2.27. The van der Waals surface area contributed by atoms with E-state index in [-0.39, 0.29) is 0 Å². The first-order chi connectivity index (χ1) is 9.15. The van der Waals surface area contributed by atoms with Crippen LogP contribution >= 0.6 is 11.6 Å². The van der Waals surface area contributed by atoms with Gasteiger partial charge in [-0.15, -0.1) is 0 Å². The van der Waals surface area contributed by atoms with Crippen molar-refractivity contribution >= 4 is 17.4 Å². The molecule has 2 unspecified atom stereocenters. The zero-order valence-electron chi connectivity index (χ0n) is 12.1. The third kappa shape index (κ3) is 3.40. The molecule has 1 aliphatic rings. The number of anilines is 1. The summed E-state index contributed by atoms with van der Waals surface area (Å²) in [5.41, 5.74) is 0.993. The van der Waals surface area contributed by atoms with E-state index in [1.807, 2.05) is 12.1 Å². The van der Waals surface area contributed by atoms with Crippen molar-refractivity contribution in [3.63, 3.8) is 0 Å². The van der Waals surface area contributed by atoms with Gasteiger partial charge in [0.15, 0.2) is 0 Å². The number of hydrogen-bond donors (Lipinski definition) is 1. The molecule has 0 amide bonds. The Morgan fingerprint density at radius 3 is 2.84 bits per heavy atom. The first kappa shape index (κ1) is 14.6. The maximum atomic E-state index is 6.30. The Morgan fingerprint density at radius 2 is 2.16 bits per heavy atom. The number of nitrogens with zero attached hydrogens (tertiary/aromatic N) is 2. The summed E-state index contributed by atoms with van der Waals surface area (Å²) in [5.74, 6) is 0.918. The lowest BCUT2D eigenvalue weighted by atomic mass is 10.1. The topological polar surface area (TPSA) is 28.2 Å². The third-order valence-corrected chi connectivity index (χ3v) is 4.38. The Labute approximate surface area is 121 Å². The molecule has 1 aromatic rings. The highest BCUT2D eigenvalue weighted by atomic mass is 35.5. The quantitative estimate of drug-likeness (QED) is 0.886. The maximum Gasteiger partial charge on any atom is 0.126 e. The Bertz CT molecular complexity index is 422.